The second-order valence-electron chi connectivity index (χ2n) is 3.90. The topological polar surface area (TPSA) is 70.3 Å². The molecule has 0 bridgehead atoms. The molecule has 17 heavy (non-hydrogen) atoms. The molecule has 0 aromatic rings. The van der Waals surface area contributed by atoms with Crippen molar-refractivity contribution in [1.29, 1.82) is 5.41 Å². The standard InChI is InChI=1S/C12H23NO.CHNO/c1-2-3-4-5-6-7-8-9-10-11-13-12-14;2-1-3/h2-11H2,1H3;2H. The van der Waals surface area contributed by atoms with E-state index in [9.17, 15) is 4.79 Å². The molecule has 0 saturated heterocycles. The Balaban J connectivity index is 0. The Labute approximate surface area is 104 Å². The fourth-order valence-electron chi connectivity index (χ4n) is 1.55. The zero-order valence-electron chi connectivity index (χ0n) is 10.8. The van der Waals surface area contributed by atoms with E-state index in [2.05, 4.69) is 11.9 Å². The van der Waals surface area contributed by atoms with Crippen molar-refractivity contribution in [2.24, 2.45) is 4.99 Å². The summed E-state index contributed by atoms with van der Waals surface area (Å²) in [7, 11) is 0. The number of rotatable bonds is 10. The first-order chi connectivity index (χ1) is 8.33. The van der Waals surface area contributed by atoms with Crippen LogP contribution >= 0.6 is 0 Å². The first-order valence-electron chi connectivity index (χ1n) is 6.41. The molecule has 0 heterocycles. The lowest BCUT2D eigenvalue weighted by Gasteiger charge is -1.99. The minimum atomic E-state index is 0.666. The molecular formula is C13H24N2O2. The quantitative estimate of drug-likeness (QED) is 0.359. The van der Waals surface area contributed by atoms with Crippen molar-refractivity contribution < 1.29 is 9.59 Å². The number of nitrogens with zero attached hydrogens (tertiary/aromatic N) is 1. The number of nitrogens with one attached hydrogen (secondary N) is 1. The van der Waals surface area contributed by atoms with E-state index in [0.717, 1.165) is 12.5 Å². The van der Waals surface area contributed by atoms with Gasteiger partial charge in [-0.15, -0.1) is 0 Å². The van der Waals surface area contributed by atoms with Gasteiger partial charge in [-0.25, -0.2) is 20.0 Å². The summed E-state index contributed by atoms with van der Waals surface area (Å²) in [5.41, 5.74) is 0. The molecule has 0 radical (unpaired) electrons. The van der Waals surface area contributed by atoms with Crippen molar-refractivity contribution in [3.05, 3.63) is 0 Å². The Morgan fingerprint density at radius 3 is 1.71 bits per heavy atom. The predicted octanol–water partition coefficient (Wildman–Crippen LogP) is 3.75. The number of hydrogen-bond donors (Lipinski definition) is 1. The highest BCUT2D eigenvalue weighted by atomic mass is 16.1. The van der Waals surface area contributed by atoms with Gasteiger partial charge in [0.05, 0.1) is 6.54 Å². The minimum absolute atomic E-state index is 0.666. The van der Waals surface area contributed by atoms with E-state index in [1.54, 1.807) is 6.08 Å². The molecule has 0 spiro atoms. The molecule has 0 aromatic heterocycles. The van der Waals surface area contributed by atoms with Crippen molar-refractivity contribution in [2.45, 2.75) is 64.7 Å². The van der Waals surface area contributed by atoms with Crippen molar-refractivity contribution in [2.75, 3.05) is 6.54 Å². The maximum absolute atomic E-state index is 9.75. The van der Waals surface area contributed by atoms with Gasteiger partial charge in [0.15, 0.2) is 0 Å². The van der Waals surface area contributed by atoms with Gasteiger partial charge in [-0.3, -0.25) is 0 Å². The smallest absolute Gasteiger partial charge is 0.222 e. The summed E-state index contributed by atoms with van der Waals surface area (Å²) in [4.78, 5) is 21.6. The highest BCUT2D eigenvalue weighted by molar-refractivity contribution is 5.32. The van der Waals surface area contributed by atoms with Gasteiger partial charge >= 0.3 is 0 Å². The molecule has 0 aliphatic carbocycles. The summed E-state index contributed by atoms with van der Waals surface area (Å²) in [5, 5.41) is 5.40. The van der Waals surface area contributed by atoms with Gasteiger partial charge in [0, 0.05) is 0 Å². The van der Waals surface area contributed by atoms with Crippen LogP contribution in [0.3, 0.4) is 0 Å². The third kappa shape index (κ3) is 25.2. The van der Waals surface area contributed by atoms with Crippen LogP contribution in [0.4, 0.5) is 0 Å². The van der Waals surface area contributed by atoms with Crippen LogP contribution in [0.2, 0.25) is 0 Å². The van der Waals surface area contributed by atoms with E-state index < -0.39 is 0 Å². The molecule has 4 nitrogen and oxygen atoms in total. The van der Waals surface area contributed by atoms with E-state index >= 15 is 0 Å². The lowest BCUT2D eigenvalue weighted by Crippen LogP contribution is -1.83. The van der Waals surface area contributed by atoms with E-state index in [4.69, 9.17) is 10.2 Å². The maximum Gasteiger partial charge on any atom is 0.234 e. The van der Waals surface area contributed by atoms with Gasteiger partial charge in [0.25, 0.3) is 0 Å². The molecule has 0 saturated carbocycles. The van der Waals surface area contributed by atoms with Crippen LogP contribution in [0.1, 0.15) is 64.7 Å². The minimum Gasteiger partial charge on any atom is -0.222 e. The summed E-state index contributed by atoms with van der Waals surface area (Å²) in [6.45, 7) is 2.91. The molecule has 0 unspecified atom stereocenters. The molecule has 0 aliphatic rings. The fraction of sp³-hybridized carbons (Fsp3) is 0.846. The van der Waals surface area contributed by atoms with Gasteiger partial charge in [-0.1, -0.05) is 58.3 Å². The molecule has 0 fully saturated rings. The summed E-state index contributed by atoms with van der Waals surface area (Å²) in [6.07, 6.45) is 14.1. The van der Waals surface area contributed by atoms with Crippen molar-refractivity contribution in [3.63, 3.8) is 0 Å². The molecule has 0 aromatic carbocycles. The van der Waals surface area contributed by atoms with Crippen molar-refractivity contribution >= 4 is 12.2 Å². The van der Waals surface area contributed by atoms with E-state index in [0.29, 0.717) is 6.54 Å². The summed E-state index contributed by atoms with van der Waals surface area (Å²) in [5.74, 6) is 0. The maximum atomic E-state index is 9.75. The molecule has 0 amide bonds. The Bertz CT molecular complexity index is 217. The summed E-state index contributed by atoms with van der Waals surface area (Å²) >= 11 is 0. The fourth-order valence-corrected chi connectivity index (χ4v) is 1.55. The van der Waals surface area contributed by atoms with Crippen LogP contribution in [-0.4, -0.2) is 18.7 Å². The van der Waals surface area contributed by atoms with Gasteiger partial charge in [0.2, 0.25) is 12.2 Å². The van der Waals surface area contributed by atoms with Gasteiger partial charge in [-0.05, 0) is 6.42 Å². The lowest BCUT2D eigenvalue weighted by atomic mass is 10.1. The van der Waals surface area contributed by atoms with Gasteiger partial charge in [-0.2, -0.15) is 0 Å². The Kier molecular flexibility index (Phi) is 21.6. The number of hydrogen-bond acceptors (Lipinski definition) is 4. The summed E-state index contributed by atoms with van der Waals surface area (Å²) in [6, 6.07) is 0. The van der Waals surface area contributed by atoms with Crippen LogP contribution in [0.5, 0.6) is 0 Å². The average molecular weight is 240 g/mol. The van der Waals surface area contributed by atoms with E-state index in [-0.39, 0.29) is 0 Å². The van der Waals surface area contributed by atoms with Crippen LogP contribution in [-0.2, 0) is 9.59 Å². The Hall–Kier alpha value is -1.24. The van der Waals surface area contributed by atoms with E-state index in [1.807, 2.05) is 0 Å². The molecule has 0 rings (SSSR count). The predicted molar refractivity (Wildman–Crippen MR) is 68.6 cm³/mol. The Morgan fingerprint density at radius 2 is 1.29 bits per heavy atom. The molecule has 0 atom stereocenters. The zero-order valence-corrected chi connectivity index (χ0v) is 10.8. The zero-order chi connectivity index (χ0) is 13.2. The van der Waals surface area contributed by atoms with Crippen molar-refractivity contribution in [3.8, 4) is 0 Å². The van der Waals surface area contributed by atoms with Crippen LogP contribution < -0.4 is 0 Å². The highest BCUT2D eigenvalue weighted by Crippen LogP contribution is 2.09. The van der Waals surface area contributed by atoms with Crippen LogP contribution in [0.25, 0.3) is 0 Å². The number of isocyanates is 2. The SMILES string of the molecule is CCCCCCCCCCCN=C=O.N=C=O. The number of aliphatic imine (C=N–C) groups is 1. The third-order valence-electron chi connectivity index (χ3n) is 2.44. The molecule has 0 aliphatic heterocycles. The molecular weight excluding hydrogens is 216 g/mol. The molecule has 4 heteroatoms. The second kappa shape index (κ2) is 20.2. The highest BCUT2D eigenvalue weighted by Gasteiger charge is 1.91. The van der Waals surface area contributed by atoms with Gasteiger partial charge < -0.3 is 0 Å². The first kappa shape index (κ1) is 18.1. The molecule has 98 valence electrons. The largest absolute Gasteiger partial charge is 0.234 e. The van der Waals surface area contributed by atoms with Crippen LogP contribution in [0.15, 0.2) is 4.99 Å². The lowest BCUT2D eigenvalue weighted by molar-refractivity contribution is 0.556. The number of carbonyl (C=O) groups excluding carboxylic acids is 2. The van der Waals surface area contributed by atoms with Crippen LogP contribution in [0, 0.1) is 5.41 Å². The van der Waals surface area contributed by atoms with Gasteiger partial charge in [0.1, 0.15) is 0 Å². The average Bonchev–Trinajstić information content (AvgIpc) is 2.33. The first-order valence-corrected chi connectivity index (χ1v) is 6.41. The normalized spacial score (nSPS) is 8.53. The third-order valence-corrected chi connectivity index (χ3v) is 2.44. The number of unbranched alkanes of at least 4 members (excludes halogenated alkanes) is 8. The van der Waals surface area contributed by atoms with Crippen molar-refractivity contribution in [1.82, 2.24) is 0 Å². The Morgan fingerprint density at radius 1 is 0.882 bits per heavy atom. The summed E-state index contributed by atoms with van der Waals surface area (Å²) < 4.78 is 0. The molecule has 1 N–H and O–H groups in total. The monoisotopic (exact) mass is 240 g/mol. The van der Waals surface area contributed by atoms with E-state index in [1.165, 1.54) is 51.4 Å². The second-order valence-corrected chi connectivity index (χ2v) is 3.90.